The molecule has 2 unspecified atom stereocenters. The molecule has 3 nitrogen and oxygen atoms in total. The topological polar surface area (TPSA) is 40.7 Å². The zero-order chi connectivity index (χ0) is 11.0. The van der Waals surface area contributed by atoms with Crippen LogP contribution >= 0.6 is 0 Å². The fourth-order valence-corrected chi connectivity index (χ4v) is 2.38. The summed E-state index contributed by atoms with van der Waals surface area (Å²) in [4.78, 5) is 0. The van der Waals surface area contributed by atoms with Gasteiger partial charge in [-0.25, -0.2) is 4.39 Å². The highest BCUT2D eigenvalue weighted by atomic mass is 19.1. The molecule has 1 aliphatic heterocycles. The molecular formula is C12H14FN3. The highest BCUT2D eigenvalue weighted by Gasteiger charge is 2.26. The molecule has 1 aromatic heterocycles. The normalized spacial score (nSPS) is 26.1. The molecule has 0 radical (unpaired) electrons. The third kappa shape index (κ3) is 1.59. The quantitative estimate of drug-likeness (QED) is 0.770. The molecule has 16 heavy (non-hydrogen) atoms. The van der Waals surface area contributed by atoms with Crippen molar-refractivity contribution in [3.63, 3.8) is 0 Å². The summed E-state index contributed by atoms with van der Waals surface area (Å²) in [5, 5.41) is 11.0. The predicted octanol–water partition coefficient (Wildman–Crippen LogP) is 1.98. The first-order valence-corrected chi connectivity index (χ1v) is 5.62. The van der Waals surface area contributed by atoms with Crippen molar-refractivity contribution in [1.82, 2.24) is 15.5 Å². The average Bonchev–Trinajstić information content (AvgIpc) is 2.76. The Hall–Kier alpha value is -1.42. The van der Waals surface area contributed by atoms with E-state index < -0.39 is 6.17 Å². The second kappa shape index (κ2) is 3.87. The Morgan fingerprint density at radius 3 is 3.19 bits per heavy atom. The molecule has 2 N–H and O–H groups in total. The summed E-state index contributed by atoms with van der Waals surface area (Å²) in [6.45, 7) is 1.36. The van der Waals surface area contributed by atoms with E-state index in [2.05, 4.69) is 15.5 Å². The molecule has 84 valence electrons. The van der Waals surface area contributed by atoms with Crippen LogP contribution in [-0.4, -0.2) is 29.5 Å². The fraction of sp³-hybridized carbons (Fsp3) is 0.417. The predicted molar refractivity (Wildman–Crippen MR) is 61.2 cm³/mol. The van der Waals surface area contributed by atoms with Gasteiger partial charge in [-0.15, -0.1) is 0 Å². The van der Waals surface area contributed by atoms with E-state index in [1.165, 1.54) is 0 Å². The summed E-state index contributed by atoms with van der Waals surface area (Å²) in [6, 6.07) is 6.04. The van der Waals surface area contributed by atoms with E-state index in [1.807, 2.05) is 18.2 Å². The zero-order valence-electron chi connectivity index (χ0n) is 8.91. The van der Waals surface area contributed by atoms with Gasteiger partial charge in [-0.1, -0.05) is 12.1 Å². The number of fused-ring (bicyclic) bond motifs is 1. The van der Waals surface area contributed by atoms with Crippen molar-refractivity contribution >= 4 is 10.9 Å². The number of aromatic amines is 1. The number of hydrogen-bond acceptors (Lipinski definition) is 2. The molecule has 2 aromatic rings. The molecular weight excluding hydrogens is 205 g/mol. The summed E-state index contributed by atoms with van der Waals surface area (Å²) in [6.07, 6.45) is 1.86. The van der Waals surface area contributed by atoms with Crippen LogP contribution in [0.5, 0.6) is 0 Å². The smallest absolute Gasteiger partial charge is 0.119 e. The van der Waals surface area contributed by atoms with Crippen molar-refractivity contribution in [2.45, 2.75) is 18.5 Å². The molecule has 0 bridgehead atoms. The Morgan fingerprint density at radius 2 is 2.31 bits per heavy atom. The molecule has 3 rings (SSSR count). The summed E-state index contributed by atoms with van der Waals surface area (Å²) >= 11 is 0. The maximum Gasteiger partial charge on any atom is 0.119 e. The van der Waals surface area contributed by atoms with Crippen LogP contribution in [0.2, 0.25) is 0 Å². The number of aromatic nitrogens is 2. The van der Waals surface area contributed by atoms with Crippen LogP contribution in [0.15, 0.2) is 24.4 Å². The largest absolute Gasteiger partial charge is 0.314 e. The van der Waals surface area contributed by atoms with Gasteiger partial charge in [-0.2, -0.15) is 5.10 Å². The zero-order valence-corrected chi connectivity index (χ0v) is 8.91. The van der Waals surface area contributed by atoms with Crippen molar-refractivity contribution in [2.75, 3.05) is 13.1 Å². The SMILES string of the molecule is FC1CNCCC1c1ccc2cn[nH]c2c1. The average molecular weight is 219 g/mol. The third-order valence-electron chi connectivity index (χ3n) is 3.30. The molecule has 4 heteroatoms. The molecule has 2 heterocycles. The standard InChI is InChI=1S/C12H14FN3/c13-11-7-14-4-3-10(11)8-1-2-9-6-15-16-12(9)5-8/h1-2,5-6,10-11,14H,3-4,7H2,(H,15,16). The maximum absolute atomic E-state index is 13.8. The molecule has 1 aliphatic rings. The molecule has 1 saturated heterocycles. The van der Waals surface area contributed by atoms with Crippen LogP contribution in [0.3, 0.4) is 0 Å². The van der Waals surface area contributed by atoms with E-state index in [4.69, 9.17) is 0 Å². The Labute approximate surface area is 93.0 Å². The number of alkyl halides is 1. The van der Waals surface area contributed by atoms with Crippen LogP contribution in [0.25, 0.3) is 10.9 Å². The van der Waals surface area contributed by atoms with Crippen LogP contribution in [0, 0.1) is 0 Å². The van der Waals surface area contributed by atoms with Crippen LogP contribution in [0.4, 0.5) is 4.39 Å². The molecule has 0 saturated carbocycles. The summed E-state index contributed by atoms with van der Waals surface area (Å²) in [5.74, 6) is 0.0222. The van der Waals surface area contributed by atoms with Crippen LogP contribution in [0.1, 0.15) is 17.9 Å². The molecule has 0 amide bonds. The van der Waals surface area contributed by atoms with E-state index in [1.54, 1.807) is 6.20 Å². The second-order valence-electron chi connectivity index (χ2n) is 4.33. The number of nitrogens with zero attached hydrogens (tertiary/aromatic N) is 1. The van der Waals surface area contributed by atoms with Crippen LogP contribution in [-0.2, 0) is 0 Å². The Morgan fingerprint density at radius 1 is 1.38 bits per heavy atom. The van der Waals surface area contributed by atoms with E-state index in [9.17, 15) is 4.39 Å². The number of benzene rings is 1. The summed E-state index contributed by atoms with van der Waals surface area (Å²) in [5.41, 5.74) is 2.06. The van der Waals surface area contributed by atoms with E-state index in [-0.39, 0.29) is 5.92 Å². The molecule has 0 aliphatic carbocycles. The van der Waals surface area contributed by atoms with Gasteiger partial charge in [0.25, 0.3) is 0 Å². The lowest BCUT2D eigenvalue weighted by atomic mass is 9.88. The number of nitrogens with one attached hydrogen (secondary N) is 2. The lowest BCUT2D eigenvalue weighted by Crippen LogP contribution is -2.36. The minimum atomic E-state index is -0.783. The lowest BCUT2D eigenvalue weighted by Gasteiger charge is -2.27. The van der Waals surface area contributed by atoms with Gasteiger partial charge in [0.1, 0.15) is 6.17 Å². The number of H-pyrrole nitrogens is 1. The minimum absolute atomic E-state index is 0.0222. The summed E-state index contributed by atoms with van der Waals surface area (Å²) in [7, 11) is 0. The van der Waals surface area contributed by atoms with Crippen molar-refractivity contribution in [3.8, 4) is 0 Å². The number of rotatable bonds is 1. The van der Waals surface area contributed by atoms with Gasteiger partial charge in [-0.3, -0.25) is 5.10 Å². The Kier molecular flexibility index (Phi) is 2.36. The molecule has 2 atom stereocenters. The van der Waals surface area contributed by atoms with Crippen molar-refractivity contribution in [2.24, 2.45) is 0 Å². The van der Waals surface area contributed by atoms with E-state index >= 15 is 0 Å². The first kappa shape index (κ1) is 9.78. The van der Waals surface area contributed by atoms with Gasteiger partial charge < -0.3 is 5.32 Å². The minimum Gasteiger partial charge on any atom is -0.314 e. The molecule has 1 fully saturated rings. The van der Waals surface area contributed by atoms with Gasteiger partial charge in [0, 0.05) is 17.8 Å². The maximum atomic E-state index is 13.8. The van der Waals surface area contributed by atoms with E-state index in [0.29, 0.717) is 6.54 Å². The van der Waals surface area contributed by atoms with Gasteiger partial charge in [-0.05, 0) is 24.6 Å². The lowest BCUT2D eigenvalue weighted by molar-refractivity contribution is 0.231. The first-order valence-electron chi connectivity index (χ1n) is 5.62. The van der Waals surface area contributed by atoms with Crippen LogP contribution < -0.4 is 5.32 Å². The number of piperidine rings is 1. The van der Waals surface area contributed by atoms with E-state index in [0.717, 1.165) is 29.4 Å². The first-order chi connectivity index (χ1) is 7.84. The highest BCUT2D eigenvalue weighted by molar-refractivity contribution is 5.78. The highest BCUT2D eigenvalue weighted by Crippen LogP contribution is 2.29. The Balaban J connectivity index is 1.97. The van der Waals surface area contributed by atoms with Gasteiger partial charge in [0.2, 0.25) is 0 Å². The van der Waals surface area contributed by atoms with Crippen molar-refractivity contribution in [3.05, 3.63) is 30.0 Å². The second-order valence-corrected chi connectivity index (χ2v) is 4.33. The van der Waals surface area contributed by atoms with Crippen molar-refractivity contribution < 1.29 is 4.39 Å². The third-order valence-corrected chi connectivity index (χ3v) is 3.30. The number of halogens is 1. The fourth-order valence-electron chi connectivity index (χ4n) is 2.38. The Bertz CT molecular complexity index is 494. The molecule has 0 spiro atoms. The van der Waals surface area contributed by atoms with Crippen molar-refractivity contribution in [1.29, 1.82) is 0 Å². The number of hydrogen-bond donors (Lipinski definition) is 2. The molecule has 1 aromatic carbocycles. The monoisotopic (exact) mass is 219 g/mol. The van der Waals surface area contributed by atoms with Gasteiger partial charge in [0.15, 0.2) is 0 Å². The summed E-state index contributed by atoms with van der Waals surface area (Å²) < 4.78 is 13.8. The van der Waals surface area contributed by atoms with Gasteiger partial charge >= 0.3 is 0 Å². The van der Waals surface area contributed by atoms with Gasteiger partial charge in [0.05, 0.1) is 11.7 Å².